The van der Waals surface area contributed by atoms with Crippen molar-refractivity contribution in [3.05, 3.63) is 29.8 Å². The summed E-state index contributed by atoms with van der Waals surface area (Å²) in [4.78, 5) is 12.0. The summed E-state index contributed by atoms with van der Waals surface area (Å²) in [6.07, 6.45) is 3.07. The second kappa shape index (κ2) is 8.03. The molecule has 1 aromatic carbocycles. The summed E-state index contributed by atoms with van der Waals surface area (Å²) in [5, 5.41) is 6.42. The number of ether oxygens (including phenoxy) is 1. The Balaban J connectivity index is 1.73. The molecule has 1 amide bonds. The van der Waals surface area contributed by atoms with Gasteiger partial charge in [-0.3, -0.25) is 4.79 Å². The van der Waals surface area contributed by atoms with Gasteiger partial charge in [-0.1, -0.05) is 19.1 Å². The third-order valence-electron chi connectivity index (χ3n) is 4.30. The van der Waals surface area contributed by atoms with Crippen molar-refractivity contribution >= 4 is 5.91 Å². The highest BCUT2D eigenvalue weighted by Gasteiger charge is 2.21. The Morgan fingerprint density at radius 2 is 2.19 bits per heavy atom. The van der Waals surface area contributed by atoms with Gasteiger partial charge in [-0.05, 0) is 55.5 Å². The summed E-state index contributed by atoms with van der Waals surface area (Å²) in [6.45, 7) is 4.93. The Morgan fingerprint density at radius 3 is 2.81 bits per heavy atom. The number of carbonyl (C=O) groups excluding carboxylic acids is 1. The van der Waals surface area contributed by atoms with E-state index in [1.807, 2.05) is 24.3 Å². The van der Waals surface area contributed by atoms with Crippen LogP contribution in [0.4, 0.5) is 0 Å². The van der Waals surface area contributed by atoms with Gasteiger partial charge in [0.2, 0.25) is 5.91 Å². The first-order valence-electron chi connectivity index (χ1n) is 7.79. The van der Waals surface area contributed by atoms with Crippen LogP contribution in [0.1, 0.15) is 31.7 Å². The molecule has 0 bridgehead atoms. The van der Waals surface area contributed by atoms with Crippen LogP contribution in [-0.2, 0) is 11.3 Å². The van der Waals surface area contributed by atoms with E-state index in [4.69, 9.17) is 4.74 Å². The monoisotopic (exact) mass is 290 g/mol. The molecule has 2 N–H and O–H groups in total. The number of benzene rings is 1. The van der Waals surface area contributed by atoms with Gasteiger partial charge in [-0.2, -0.15) is 0 Å². The highest BCUT2D eigenvalue weighted by atomic mass is 16.5. The highest BCUT2D eigenvalue weighted by Crippen LogP contribution is 2.22. The van der Waals surface area contributed by atoms with E-state index in [1.54, 1.807) is 7.11 Å². The van der Waals surface area contributed by atoms with Crippen molar-refractivity contribution in [1.82, 2.24) is 10.6 Å². The summed E-state index contributed by atoms with van der Waals surface area (Å²) in [7, 11) is 1.65. The molecule has 0 saturated carbocycles. The first-order chi connectivity index (χ1) is 10.2. The average molecular weight is 290 g/mol. The molecule has 2 rings (SSSR count). The maximum Gasteiger partial charge on any atom is 0.220 e. The fourth-order valence-corrected chi connectivity index (χ4v) is 2.84. The van der Waals surface area contributed by atoms with Crippen molar-refractivity contribution in [1.29, 1.82) is 0 Å². The molecule has 4 nitrogen and oxygen atoms in total. The number of amides is 1. The lowest BCUT2D eigenvalue weighted by molar-refractivity contribution is -0.122. The fourth-order valence-electron chi connectivity index (χ4n) is 2.84. The zero-order valence-electron chi connectivity index (χ0n) is 13.0. The van der Waals surface area contributed by atoms with E-state index in [2.05, 4.69) is 17.6 Å². The third-order valence-corrected chi connectivity index (χ3v) is 4.30. The largest absolute Gasteiger partial charge is 0.497 e. The number of methoxy groups -OCH3 is 1. The number of hydrogen-bond acceptors (Lipinski definition) is 3. The number of piperidine rings is 1. The molecule has 1 fully saturated rings. The standard InChI is InChI=1S/C17H26N2O2/c1-13(15-4-3-9-18-12-15)10-17(20)19-11-14-5-7-16(21-2)8-6-14/h5-8,13,15,18H,3-4,9-12H2,1-2H3,(H,19,20). The van der Waals surface area contributed by atoms with Crippen LogP contribution in [0.5, 0.6) is 5.75 Å². The van der Waals surface area contributed by atoms with Gasteiger partial charge in [0.05, 0.1) is 7.11 Å². The quantitative estimate of drug-likeness (QED) is 0.845. The minimum absolute atomic E-state index is 0.142. The minimum Gasteiger partial charge on any atom is -0.497 e. The van der Waals surface area contributed by atoms with Crippen LogP contribution >= 0.6 is 0 Å². The van der Waals surface area contributed by atoms with Crippen LogP contribution in [0.3, 0.4) is 0 Å². The van der Waals surface area contributed by atoms with Crippen molar-refractivity contribution in [3.63, 3.8) is 0 Å². The van der Waals surface area contributed by atoms with Crippen molar-refractivity contribution in [2.45, 2.75) is 32.7 Å². The second-order valence-corrected chi connectivity index (χ2v) is 5.91. The molecule has 2 atom stereocenters. The van der Waals surface area contributed by atoms with E-state index >= 15 is 0 Å². The predicted molar refractivity (Wildman–Crippen MR) is 84.2 cm³/mol. The third kappa shape index (κ3) is 5.05. The van der Waals surface area contributed by atoms with Gasteiger partial charge in [0.1, 0.15) is 5.75 Å². The Kier molecular flexibility index (Phi) is 6.05. The zero-order chi connectivity index (χ0) is 15.1. The molecule has 1 aliphatic heterocycles. The Labute approximate surface area is 127 Å². The Morgan fingerprint density at radius 1 is 1.43 bits per heavy atom. The topological polar surface area (TPSA) is 50.4 Å². The Hall–Kier alpha value is -1.55. The zero-order valence-corrected chi connectivity index (χ0v) is 13.0. The Bertz CT molecular complexity index is 439. The van der Waals surface area contributed by atoms with E-state index < -0.39 is 0 Å². The van der Waals surface area contributed by atoms with Crippen LogP contribution in [0.2, 0.25) is 0 Å². The minimum atomic E-state index is 0.142. The molecule has 0 aliphatic carbocycles. The average Bonchev–Trinajstić information content (AvgIpc) is 2.54. The van der Waals surface area contributed by atoms with E-state index in [0.717, 1.165) is 24.4 Å². The molecular formula is C17H26N2O2. The number of hydrogen-bond donors (Lipinski definition) is 2. The van der Waals surface area contributed by atoms with Crippen molar-refractivity contribution in [2.24, 2.45) is 11.8 Å². The molecule has 4 heteroatoms. The van der Waals surface area contributed by atoms with Crippen LogP contribution in [-0.4, -0.2) is 26.1 Å². The van der Waals surface area contributed by atoms with Crippen LogP contribution in [0.25, 0.3) is 0 Å². The maximum absolute atomic E-state index is 12.0. The van der Waals surface area contributed by atoms with E-state index in [9.17, 15) is 4.79 Å². The second-order valence-electron chi connectivity index (χ2n) is 5.91. The van der Waals surface area contributed by atoms with Gasteiger partial charge < -0.3 is 15.4 Å². The van der Waals surface area contributed by atoms with Gasteiger partial charge in [0.25, 0.3) is 0 Å². The maximum atomic E-state index is 12.0. The number of rotatable bonds is 6. The first kappa shape index (κ1) is 15.8. The van der Waals surface area contributed by atoms with E-state index in [-0.39, 0.29) is 5.91 Å². The summed E-state index contributed by atoms with van der Waals surface area (Å²) < 4.78 is 5.12. The van der Waals surface area contributed by atoms with E-state index in [0.29, 0.717) is 24.8 Å². The number of carbonyl (C=O) groups is 1. The SMILES string of the molecule is COc1ccc(CNC(=O)CC(C)C2CCCNC2)cc1. The van der Waals surface area contributed by atoms with Crippen LogP contribution in [0.15, 0.2) is 24.3 Å². The fraction of sp³-hybridized carbons (Fsp3) is 0.588. The highest BCUT2D eigenvalue weighted by molar-refractivity contribution is 5.76. The van der Waals surface area contributed by atoms with Crippen molar-refractivity contribution < 1.29 is 9.53 Å². The molecule has 0 radical (unpaired) electrons. The molecule has 21 heavy (non-hydrogen) atoms. The van der Waals surface area contributed by atoms with Crippen molar-refractivity contribution in [3.8, 4) is 5.75 Å². The van der Waals surface area contributed by atoms with Gasteiger partial charge in [0, 0.05) is 13.0 Å². The summed E-state index contributed by atoms with van der Waals surface area (Å²) in [5.74, 6) is 2.05. The lowest BCUT2D eigenvalue weighted by Crippen LogP contribution is -2.35. The first-order valence-corrected chi connectivity index (χ1v) is 7.79. The summed E-state index contributed by atoms with van der Waals surface area (Å²) in [5.41, 5.74) is 1.09. The van der Waals surface area contributed by atoms with Crippen LogP contribution < -0.4 is 15.4 Å². The van der Waals surface area contributed by atoms with Gasteiger partial charge in [-0.25, -0.2) is 0 Å². The molecule has 0 spiro atoms. The predicted octanol–water partition coefficient (Wildman–Crippen LogP) is 2.34. The summed E-state index contributed by atoms with van der Waals surface area (Å²) in [6, 6.07) is 7.79. The number of nitrogens with one attached hydrogen (secondary N) is 2. The molecule has 0 aromatic heterocycles. The molecule has 1 aromatic rings. The summed E-state index contributed by atoms with van der Waals surface area (Å²) >= 11 is 0. The van der Waals surface area contributed by atoms with E-state index in [1.165, 1.54) is 12.8 Å². The molecule has 1 aliphatic rings. The smallest absolute Gasteiger partial charge is 0.220 e. The van der Waals surface area contributed by atoms with Gasteiger partial charge >= 0.3 is 0 Å². The molecule has 1 saturated heterocycles. The molecular weight excluding hydrogens is 264 g/mol. The molecule has 1 heterocycles. The lowest BCUT2D eigenvalue weighted by atomic mass is 9.85. The normalized spacial score (nSPS) is 19.8. The van der Waals surface area contributed by atoms with Crippen LogP contribution in [0, 0.1) is 11.8 Å². The van der Waals surface area contributed by atoms with Gasteiger partial charge in [0.15, 0.2) is 0 Å². The molecule has 2 unspecified atom stereocenters. The van der Waals surface area contributed by atoms with Crippen molar-refractivity contribution in [2.75, 3.05) is 20.2 Å². The lowest BCUT2D eigenvalue weighted by Gasteiger charge is -2.28. The molecule has 116 valence electrons. The van der Waals surface area contributed by atoms with Gasteiger partial charge in [-0.15, -0.1) is 0 Å².